The molecule has 0 aliphatic heterocycles. The highest BCUT2D eigenvalue weighted by molar-refractivity contribution is 9.10. The fraction of sp³-hybridized carbons (Fsp3) is 0.375. The lowest BCUT2D eigenvalue weighted by atomic mass is 10.5. The van der Waals surface area contributed by atoms with Gasteiger partial charge in [0.05, 0.1) is 12.8 Å². The lowest BCUT2D eigenvalue weighted by molar-refractivity contribution is -0.0329. The molecule has 15 heavy (non-hydrogen) atoms. The first kappa shape index (κ1) is 12.6. The molecular formula is C8H7BrF3NOS. The van der Waals surface area contributed by atoms with Crippen molar-refractivity contribution in [3.05, 3.63) is 22.9 Å². The summed E-state index contributed by atoms with van der Waals surface area (Å²) >= 11 is 3.08. The minimum absolute atomic E-state index is 0.00229. The number of pyridine rings is 1. The molecule has 0 fully saturated rings. The lowest BCUT2D eigenvalue weighted by Crippen LogP contribution is -2.07. The molecule has 84 valence electrons. The van der Waals surface area contributed by atoms with Crippen LogP contribution in [0.3, 0.4) is 0 Å². The van der Waals surface area contributed by atoms with Gasteiger partial charge in [0.25, 0.3) is 0 Å². The number of thioether (sulfide) groups is 1. The predicted molar refractivity (Wildman–Crippen MR) is 55.9 cm³/mol. The van der Waals surface area contributed by atoms with Crippen molar-refractivity contribution in [2.45, 2.75) is 5.51 Å². The SMILES string of the molecule is FC(F)(F)SCCOc1cncc(Br)c1. The van der Waals surface area contributed by atoms with E-state index in [2.05, 4.69) is 20.9 Å². The van der Waals surface area contributed by atoms with Crippen LogP contribution < -0.4 is 4.74 Å². The zero-order valence-corrected chi connectivity index (χ0v) is 9.82. The Labute approximate surface area is 97.3 Å². The molecule has 1 heterocycles. The van der Waals surface area contributed by atoms with E-state index in [1.807, 2.05) is 0 Å². The minimum atomic E-state index is -4.20. The summed E-state index contributed by atoms with van der Waals surface area (Å²) in [4.78, 5) is 3.81. The van der Waals surface area contributed by atoms with Gasteiger partial charge >= 0.3 is 5.51 Å². The summed E-state index contributed by atoms with van der Waals surface area (Å²) in [5, 5.41) is 0. The molecule has 1 aromatic heterocycles. The monoisotopic (exact) mass is 301 g/mol. The number of rotatable bonds is 4. The maximum absolute atomic E-state index is 11.7. The third kappa shape index (κ3) is 5.88. The Morgan fingerprint density at radius 1 is 1.40 bits per heavy atom. The number of ether oxygens (including phenoxy) is 1. The van der Waals surface area contributed by atoms with E-state index in [-0.39, 0.29) is 24.1 Å². The van der Waals surface area contributed by atoms with Crippen LogP contribution in [0.4, 0.5) is 13.2 Å². The first-order valence-corrected chi connectivity index (χ1v) is 5.69. The standard InChI is InChI=1S/C8H7BrF3NOS/c9-6-3-7(5-13-4-6)14-1-2-15-8(10,11)12/h3-5H,1-2H2. The summed E-state index contributed by atoms with van der Waals surface area (Å²) in [6.45, 7) is 0.00229. The number of hydrogen-bond acceptors (Lipinski definition) is 3. The normalized spacial score (nSPS) is 11.5. The van der Waals surface area contributed by atoms with E-state index in [1.54, 1.807) is 12.3 Å². The summed E-state index contributed by atoms with van der Waals surface area (Å²) in [6, 6.07) is 1.64. The molecule has 0 saturated heterocycles. The van der Waals surface area contributed by atoms with E-state index in [0.29, 0.717) is 5.75 Å². The maximum Gasteiger partial charge on any atom is 0.441 e. The van der Waals surface area contributed by atoms with Crippen molar-refractivity contribution in [1.29, 1.82) is 0 Å². The highest BCUT2D eigenvalue weighted by Gasteiger charge is 2.27. The summed E-state index contributed by atoms with van der Waals surface area (Å²) < 4.78 is 41.0. The first-order valence-electron chi connectivity index (χ1n) is 3.91. The lowest BCUT2D eigenvalue weighted by Gasteiger charge is -2.07. The quantitative estimate of drug-likeness (QED) is 0.795. The van der Waals surface area contributed by atoms with Crippen LogP contribution in [0.1, 0.15) is 0 Å². The van der Waals surface area contributed by atoms with Gasteiger partial charge in [-0.3, -0.25) is 4.98 Å². The zero-order valence-electron chi connectivity index (χ0n) is 7.42. The van der Waals surface area contributed by atoms with Crippen molar-refractivity contribution >= 4 is 27.7 Å². The fourth-order valence-corrected chi connectivity index (χ4v) is 1.53. The third-order valence-corrected chi connectivity index (χ3v) is 2.43. The molecule has 0 aliphatic carbocycles. The zero-order chi connectivity index (χ0) is 11.3. The molecular weight excluding hydrogens is 295 g/mol. The molecule has 7 heteroatoms. The molecule has 0 aliphatic rings. The van der Waals surface area contributed by atoms with E-state index in [4.69, 9.17) is 4.74 Å². The van der Waals surface area contributed by atoms with E-state index in [0.717, 1.165) is 4.47 Å². The van der Waals surface area contributed by atoms with Crippen LogP contribution in [0, 0.1) is 0 Å². The summed E-state index contributed by atoms with van der Waals surface area (Å²) in [6.07, 6.45) is 3.01. The van der Waals surface area contributed by atoms with Crippen molar-refractivity contribution < 1.29 is 17.9 Å². The van der Waals surface area contributed by atoms with Crippen LogP contribution in [0.5, 0.6) is 5.75 Å². The van der Waals surface area contributed by atoms with Crippen LogP contribution >= 0.6 is 27.7 Å². The Bertz CT molecular complexity index is 321. The Morgan fingerprint density at radius 2 is 2.13 bits per heavy atom. The van der Waals surface area contributed by atoms with Gasteiger partial charge in [-0.1, -0.05) is 0 Å². The van der Waals surface area contributed by atoms with Gasteiger partial charge in [-0.15, -0.1) is 0 Å². The number of nitrogens with zero attached hydrogens (tertiary/aromatic N) is 1. The van der Waals surface area contributed by atoms with Crippen molar-refractivity contribution in [2.24, 2.45) is 0 Å². The maximum atomic E-state index is 11.7. The second kappa shape index (κ2) is 5.60. The van der Waals surface area contributed by atoms with Gasteiger partial charge in [-0.25, -0.2) is 0 Å². The van der Waals surface area contributed by atoms with E-state index in [1.165, 1.54) is 6.20 Å². The van der Waals surface area contributed by atoms with Crippen LogP contribution in [0.2, 0.25) is 0 Å². The minimum Gasteiger partial charge on any atom is -0.491 e. The molecule has 1 rings (SSSR count). The Balaban J connectivity index is 2.26. The van der Waals surface area contributed by atoms with E-state index >= 15 is 0 Å². The molecule has 0 aromatic carbocycles. The topological polar surface area (TPSA) is 22.1 Å². The molecule has 1 aromatic rings. The summed E-state index contributed by atoms with van der Waals surface area (Å²) in [7, 11) is 0. The van der Waals surface area contributed by atoms with Gasteiger partial charge in [-0.2, -0.15) is 13.2 Å². The van der Waals surface area contributed by atoms with Crippen molar-refractivity contribution in [3.8, 4) is 5.75 Å². The smallest absolute Gasteiger partial charge is 0.441 e. The largest absolute Gasteiger partial charge is 0.491 e. The molecule has 0 bridgehead atoms. The molecule has 0 amide bonds. The fourth-order valence-electron chi connectivity index (χ4n) is 0.788. The van der Waals surface area contributed by atoms with Gasteiger partial charge in [0, 0.05) is 16.4 Å². The van der Waals surface area contributed by atoms with Crippen molar-refractivity contribution in [2.75, 3.05) is 12.4 Å². The van der Waals surface area contributed by atoms with Gasteiger partial charge in [0.1, 0.15) is 5.75 Å². The molecule has 2 nitrogen and oxygen atoms in total. The highest BCUT2D eigenvalue weighted by atomic mass is 79.9. The average Bonchev–Trinajstić information content (AvgIpc) is 2.11. The Hall–Kier alpha value is -0.430. The number of hydrogen-bond donors (Lipinski definition) is 0. The molecule has 0 saturated carbocycles. The van der Waals surface area contributed by atoms with Gasteiger partial charge < -0.3 is 4.74 Å². The number of alkyl halides is 3. The van der Waals surface area contributed by atoms with Crippen LogP contribution in [0.15, 0.2) is 22.9 Å². The molecule has 0 radical (unpaired) electrons. The average molecular weight is 302 g/mol. The van der Waals surface area contributed by atoms with E-state index in [9.17, 15) is 13.2 Å². The van der Waals surface area contributed by atoms with Gasteiger partial charge in [-0.05, 0) is 33.8 Å². The van der Waals surface area contributed by atoms with Crippen LogP contribution in [-0.2, 0) is 0 Å². The summed E-state index contributed by atoms with van der Waals surface area (Å²) in [5.41, 5.74) is -4.20. The van der Waals surface area contributed by atoms with E-state index < -0.39 is 5.51 Å². The van der Waals surface area contributed by atoms with Crippen molar-refractivity contribution in [1.82, 2.24) is 4.98 Å². The van der Waals surface area contributed by atoms with Crippen LogP contribution in [-0.4, -0.2) is 22.9 Å². The number of halogens is 4. The van der Waals surface area contributed by atoms with Gasteiger partial charge in [0.15, 0.2) is 0 Å². The molecule has 0 N–H and O–H groups in total. The molecule has 0 atom stereocenters. The van der Waals surface area contributed by atoms with Gasteiger partial charge in [0.2, 0.25) is 0 Å². The van der Waals surface area contributed by atoms with Crippen molar-refractivity contribution in [3.63, 3.8) is 0 Å². The molecule has 0 spiro atoms. The Morgan fingerprint density at radius 3 is 2.73 bits per heavy atom. The Kier molecular flexibility index (Phi) is 4.72. The highest BCUT2D eigenvalue weighted by Crippen LogP contribution is 2.29. The predicted octanol–water partition coefficient (Wildman–Crippen LogP) is 3.48. The second-order valence-corrected chi connectivity index (χ2v) is 4.56. The van der Waals surface area contributed by atoms with Crippen LogP contribution in [0.25, 0.3) is 0 Å². The second-order valence-electron chi connectivity index (χ2n) is 2.48. The first-order chi connectivity index (χ1) is 6.97. The number of aromatic nitrogens is 1. The third-order valence-electron chi connectivity index (χ3n) is 1.30. The summed E-state index contributed by atoms with van der Waals surface area (Å²) in [5.74, 6) is 0.322. The molecule has 0 unspecified atom stereocenters.